The van der Waals surface area contributed by atoms with Crippen LogP contribution >= 0.6 is 0 Å². The van der Waals surface area contributed by atoms with Gasteiger partial charge in [0.25, 0.3) is 5.69 Å². The Hall–Kier alpha value is -2.64. The lowest BCUT2D eigenvalue weighted by Crippen LogP contribution is -2.38. The molecule has 0 aliphatic heterocycles. The summed E-state index contributed by atoms with van der Waals surface area (Å²) in [4.78, 5) is 32.0. The molecule has 0 fully saturated rings. The largest absolute Gasteiger partial charge is 0.481 e. The lowest BCUT2D eigenvalue weighted by atomic mass is 10.2. The third-order valence-electron chi connectivity index (χ3n) is 2.56. The number of nitrogens with zero attached hydrogens (tertiary/aromatic N) is 1. The summed E-state index contributed by atoms with van der Waals surface area (Å²) in [5, 5.41) is 24.1. The molecule has 20 heavy (non-hydrogen) atoms. The van der Waals surface area contributed by atoms with Gasteiger partial charge in [-0.1, -0.05) is 19.1 Å². The van der Waals surface area contributed by atoms with Crippen molar-refractivity contribution in [2.45, 2.75) is 13.5 Å². The second-order valence-electron chi connectivity index (χ2n) is 4.23. The second-order valence-corrected chi connectivity index (χ2v) is 4.23. The van der Waals surface area contributed by atoms with E-state index in [-0.39, 0.29) is 18.8 Å². The van der Waals surface area contributed by atoms with E-state index >= 15 is 0 Å². The first-order valence-corrected chi connectivity index (χ1v) is 5.88. The SMILES string of the molecule is CC(CNC(=O)NCc1cccc([N+](=O)[O-])c1)C(=O)O. The van der Waals surface area contributed by atoms with E-state index in [2.05, 4.69) is 10.6 Å². The van der Waals surface area contributed by atoms with Gasteiger partial charge in [-0.3, -0.25) is 14.9 Å². The molecule has 108 valence electrons. The molecule has 0 saturated heterocycles. The van der Waals surface area contributed by atoms with Crippen molar-refractivity contribution in [3.05, 3.63) is 39.9 Å². The molecular formula is C12H15N3O5. The number of nitro groups is 1. The average Bonchev–Trinajstić information content (AvgIpc) is 2.42. The molecule has 3 N–H and O–H groups in total. The zero-order valence-corrected chi connectivity index (χ0v) is 10.8. The molecule has 0 heterocycles. The first-order valence-electron chi connectivity index (χ1n) is 5.88. The van der Waals surface area contributed by atoms with E-state index in [0.717, 1.165) is 0 Å². The molecule has 1 atom stereocenters. The number of hydrogen-bond acceptors (Lipinski definition) is 4. The zero-order chi connectivity index (χ0) is 15.1. The molecule has 0 bridgehead atoms. The lowest BCUT2D eigenvalue weighted by molar-refractivity contribution is -0.384. The number of hydrogen-bond donors (Lipinski definition) is 3. The van der Waals surface area contributed by atoms with Crippen molar-refractivity contribution < 1.29 is 19.6 Å². The molecule has 8 heteroatoms. The molecule has 8 nitrogen and oxygen atoms in total. The van der Waals surface area contributed by atoms with Crippen LogP contribution in [-0.4, -0.2) is 28.6 Å². The Morgan fingerprint density at radius 1 is 1.40 bits per heavy atom. The topological polar surface area (TPSA) is 122 Å². The Morgan fingerprint density at radius 3 is 2.70 bits per heavy atom. The van der Waals surface area contributed by atoms with Crippen LogP contribution in [-0.2, 0) is 11.3 Å². The fourth-order valence-electron chi connectivity index (χ4n) is 1.36. The molecule has 0 aliphatic carbocycles. The van der Waals surface area contributed by atoms with Crippen molar-refractivity contribution in [2.24, 2.45) is 5.92 Å². The van der Waals surface area contributed by atoms with Crippen molar-refractivity contribution in [2.75, 3.05) is 6.54 Å². The molecule has 2 amide bonds. The quantitative estimate of drug-likeness (QED) is 0.532. The van der Waals surface area contributed by atoms with Gasteiger partial charge in [0.1, 0.15) is 0 Å². The average molecular weight is 281 g/mol. The number of carboxylic acid groups (broad SMARTS) is 1. The van der Waals surface area contributed by atoms with Crippen LogP contribution < -0.4 is 10.6 Å². The number of carboxylic acids is 1. The molecule has 1 rings (SSSR count). The standard InChI is InChI=1S/C12H15N3O5/c1-8(11(16)17)6-13-12(18)14-7-9-3-2-4-10(5-9)15(19)20/h2-5,8H,6-7H2,1H3,(H,16,17)(H2,13,14,18). The highest BCUT2D eigenvalue weighted by Crippen LogP contribution is 2.12. The third-order valence-corrected chi connectivity index (χ3v) is 2.56. The molecule has 0 aromatic heterocycles. The van der Waals surface area contributed by atoms with E-state index in [1.54, 1.807) is 6.07 Å². The van der Waals surface area contributed by atoms with Crippen LogP contribution in [0.5, 0.6) is 0 Å². The number of rotatable bonds is 6. The minimum absolute atomic E-state index is 0.0100. The van der Waals surface area contributed by atoms with Gasteiger partial charge < -0.3 is 15.7 Å². The number of carbonyl (C=O) groups excluding carboxylic acids is 1. The van der Waals surface area contributed by atoms with Crippen LogP contribution in [0.4, 0.5) is 10.5 Å². The number of urea groups is 1. The predicted octanol–water partition coefficient (Wildman–Crippen LogP) is 1.11. The van der Waals surface area contributed by atoms with Gasteiger partial charge >= 0.3 is 12.0 Å². The number of aliphatic carboxylic acids is 1. The maximum atomic E-state index is 11.4. The van der Waals surface area contributed by atoms with Crippen molar-refractivity contribution in [1.29, 1.82) is 0 Å². The molecule has 0 saturated carbocycles. The molecule has 0 aliphatic rings. The molecule has 1 aromatic carbocycles. The Balaban J connectivity index is 2.43. The van der Waals surface area contributed by atoms with Gasteiger partial charge in [-0.05, 0) is 5.56 Å². The van der Waals surface area contributed by atoms with Gasteiger partial charge in [0.2, 0.25) is 0 Å². The minimum Gasteiger partial charge on any atom is -0.481 e. The molecule has 0 spiro atoms. The van der Waals surface area contributed by atoms with Gasteiger partial charge in [0.15, 0.2) is 0 Å². The summed E-state index contributed by atoms with van der Waals surface area (Å²) < 4.78 is 0. The number of benzene rings is 1. The second kappa shape index (κ2) is 7.07. The van der Waals surface area contributed by atoms with E-state index in [1.165, 1.54) is 25.1 Å². The van der Waals surface area contributed by atoms with Gasteiger partial charge in [-0.2, -0.15) is 0 Å². The predicted molar refractivity (Wildman–Crippen MR) is 70.1 cm³/mol. The third kappa shape index (κ3) is 4.92. The van der Waals surface area contributed by atoms with Gasteiger partial charge in [-0.15, -0.1) is 0 Å². The number of nitro benzene ring substituents is 1. The van der Waals surface area contributed by atoms with E-state index in [9.17, 15) is 19.7 Å². The van der Waals surface area contributed by atoms with Crippen molar-refractivity contribution in [1.82, 2.24) is 10.6 Å². The van der Waals surface area contributed by atoms with Crippen molar-refractivity contribution in [3.8, 4) is 0 Å². The highest BCUT2D eigenvalue weighted by atomic mass is 16.6. The Labute approximate surface area is 114 Å². The molecule has 0 radical (unpaired) electrons. The number of amides is 2. The van der Waals surface area contributed by atoms with Crippen LogP contribution in [0, 0.1) is 16.0 Å². The van der Waals surface area contributed by atoms with E-state index in [0.29, 0.717) is 5.56 Å². The maximum absolute atomic E-state index is 11.4. The summed E-state index contributed by atoms with van der Waals surface area (Å²) in [6, 6.07) is 5.37. The van der Waals surface area contributed by atoms with Crippen LogP contribution in [0.3, 0.4) is 0 Å². The Morgan fingerprint density at radius 2 is 2.10 bits per heavy atom. The first kappa shape index (κ1) is 15.4. The van der Waals surface area contributed by atoms with Crippen molar-refractivity contribution >= 4 is 17.7 Å². The fourth-order valence-corrected chi connectivity index (χ4v) is 1.36. The molecule has 1 unspecified atom stereocenters. The number of non-ortho nitro benzene ring substituents is 1. The minimum atomic E-state index is -0.996. The van der Waals surface area contributed by atoms with Gasteiger partial charge in [0, 0.05) is 25.2 Å². The van der Waals surface area contributed by atoms with Crippen LogP contribution in [0.15, 0.2) is 24.3 Å². The summed E-state index contributed by atoms with van der Waals surface area (Å²) in [6.45, 7) is 1.61. The fraction of sp³-hybridized carbons (Fsp3) is 0.333. The van der Waals surface area contributed by atoms with Crippen molar-refractivity contribution in [3.63, 3.8) is 0 Å². The first-order chi connectivity index (χ1) is 9.40. The summed E-state index contributed by atoms with van der Waals surface area (Å²) in [5.74, 6) is -1.68. The highest BCUT2D eigenvalue weighted by Gasteiger charge is 2.12. The number of carbonyl (C=O) groups is 2. The van der Waals surface area contributed by atoms with Crippen LogP contribution in [0.25, 0.3) is 0 Å². The molecule has 1 aromatic rings. The summed E-state index contributed by atoms with van der Waals surface area (Å²) in [5.41, 5.74) is 0.532. The maximum Gasteiger partial charge on any atom is 0.315 e. The number of nitrogens with one attached hydrogen (secondary N) is 2. The van der Waals surface area contributed by atoms with E-state index in [4.69, 9.17) is 5.11 Å². The summed E-state index contributed by atoms with van der Waals surface area (Å²) in [6.07, 6.45) is 0. The highest BCUT2D eigenvalue weighted by molar-refractivity contribution is 5.75. The summed E-state index contributed by atoms with van der Waals surface area (Å²) in [7, 11) is 0. The summed E-state index contributed by atoms with van der Waals surface area (Å²) >= 11 is 0. The van der Waals surface area contributed by atoms with E-state index in [1.807, 2.05) is 0 Å². The lowest BCUT2D eigenvalue weighted by Gasteiger charge is -2.09. The van der Waals surface area contributed by atoms with E-state index < -0.39 is 22.8 Å². The zero-order valence-electron chi connectivity index (χ0n) is 10.8. The van der Waals surface area contributed by atoms with Gasteiger partial charge in [-0.25, -0.2) is 4.79 Å². The van der Waals surface area contributed by atoms with Crippen LogP contribution in [0.1, 0.15) is 12.5 Å². The van der Waals surface area contributed by atoms with Crippen LogP contribution in [0.2, 0.25) is 0 Å². The Kier molecular flexibility index (Phi) is 5.45. The van der Waals surface area contributed by atoms with Gasteiger partial charge in [0.05, 0.1) is 10.8 Å². The molecular weight excluding hydrogens is 266 g/mol. The normalized spacial score (nSPS) is 11.4. The Bertz CT molecular complexity index is 518. The monoisotopic (exact) mass is 281 g/mol. The smallest absolute Gasteiger partial charge is 0.315 e.